The number of ether oxygens (including phenoxy) is 3. The normalized spacial score (nSPS) is 10.7. The summed E-state index contributed by atoms with van der Waals surface area (Å²) in [5.41, 5.74) is 0. The molecule has 1 rings (SSSR count). The zero-order valence-electron chi connectivity index (χ0n) is 12.4. The molecule has 0 radical (unpaired) electrons. The van der Waals surface area contributed by atoms with Gasteiger partial charge in [0.25, 0.3) is 0 Å². The standard InChI is InChI=1S/C16H26O3/c1-4-5-8-11-18-15-9-6-7-10-16(15)19-13-12-17-14(2)3/h6-7,9-10,14H,4-5,8,11-13H2,1-3H3. The van der Waals surface area contributed by atoms with Gasteiger partial charge in [-0.25, -0.2) is 0 Å². The molecule has 0 aliphatic heterocycles. The van der Waals surface area contributed by atoms with Gasteiger partial charge in [0.15, 0.2) is 11.5 Å². The molecule has 0 amide bonds. The quantitative estimate of drug-likeness (QED) is 0.598. The average molecular weight is 266 g/mol. The van der Waals surface area contributed by atoms with Crippen LogP contribution in [0.1, 0.15) is 40.0 Å². The molecule has 0 aliphatic rings. The summed E-state index contributed by atoms with van der Waals surface area (Å²) in [4.78, 5) is 0. The van der Waals surface area contributed by atoms with Crippen LogP contribution in [-0.2, 0) is 4.74 Å². The molecule has 1 aromatic rings. The lowest BCUT2D eigenvalue weighted by Crippen LogP contribution is -2.11. The lowest BCUT2D eigenvalue weighted by molar-refractivity contribution is 0.0545. The van der Waals surface area contributed by atoms with Crippen LogP contribution < -0.4 is 9.47 Å². The first kappa shape index (κ1) is 15.8. The highest BCUT2D eigenvalue weighted by Crippen LogP contribution is 2.26. The van der Waals surface area contributed by atoms with Gasteiger partial charge in [-0.15, -0.1) is 0 Å². The molecule has 3 heteroatoms. The summed E-state index contributed by atoms with van der Waals surface area (Å²) in [6.07, 6.45) is 3.73. The molecule has 0 bridgehead atoms. The van der Waals surface area contributed by atoms with Crippen LogP contribution in [0.5, 0.6) is 11.5 Å². The van der Waals surface area contributed by atoms with Gasteiger partial charge in [0.05, 0.1) is 19.3 Å². The maximum Gasteiger partial charge on any atom is 0.161 e. The van der Waals surface area contributed by atoms with E-state index >= 15 is 0 Å². The van der Waals surface area contributed by atoms with Crippen LogP contribution in [0.3, 0.4) is 0 Å². The highest BCUT2D eigenvalue weighted by molar-refractivity contribution is 5.39. The first-order chi connectivity index (χ1) is 9.24. The molecule has 0 aromatic heterocycles. The Morgan fingerprint density at radius 3 is 2.11 bits per heavy atom. The maximum atomic E-state index is 5.75. The van der Waals surface area contributed by atoms with Crippen molar-refractivity contribution in [1.82, 2.24) is 0 Å². The van der Waals surface area contributed by atoms with Gasteiger partial charge in [0.1, 0.15) is 6.61 Å². The van der Waals surface area contributed by atoms with Crippen LogP contribution >= 0.6 is 0 Å². The highest BCUT2D eigenvalue weighted by atomic mass is 16.5. The predicted octanol–water partition coefficient (Wildman–Crippen LogP) is 4.06. The number of para-hydroxylation sites is 2. The minimum atomic E-state index is 0.240. The molecule has 0 atom stereocenters. The van der Waals surface area contributed by atoms with E-state index in [1.54, 1.807) is 0 Å². The molecule has 0 heterocycles. The van der Waals surface area contributed by atoms with E-state index in [0.29, 0.717) is 13.2 Å². The Morgan fingerprint density at radius 2 is 1.53 bits per heavy atom. The van der Waals surface area contributed by atoms with Gasteiger partial charge in [0.2, 0.25) is 0 Å². The van der Waals surface area contributed by atoms with Crippen molar-refractivity contribution in [2.45, 2.75) is 46.1 Å². The fourth-order valence-electron chi connectivity index (χ4n) is 1.66. The Balaban J connectivity index is 2.35. The van der Waals surface area contributed by atoms with Crippen molar-refractivity contribution in [1.29, 1.82) is 0 Å². The number of benzene rings is 1. The molecule has 0 unspecified atom stereocenters. The Hall–Kier alpha value is -1.22. The van der Waals surface area contributed by atoms with Crippen LogP contribution in [0.2, 0.25) is 0 Å². The molecule has 0 fully saturated rings. The maximum absolute atomic E-state index is 5.75. The number of hydrogen-bond acceptors (Lipinski definition) is 3. The van der Waals surface area contributed by atoms with E-state index < -0.39 is 0 Å². The summed E-state index contributed by atoms with van der Waals surface area (Å²) >= 11 is 0. The largest absolute Gasteiger partial charge is 0.490 e. The smallest absolute Gasteiger partial charge is 0.161 e. The monoisotopic (exact) mass is 266 g/mol. The third kappa shape index (κ3) is 7.06. The molecule has 108 valence electrons. The van der Waals surface area contributed by atoms with Crippen molar-refractivity contribution in [3.8, 4) is 11.5 Å². The van der Waals surface area contributed by atoms with Gasteiger partial charge >= 0.3 is 0 Å². The van der Waals surface area contributed by atoms with Gasteiger partial charge in [-0.05, 0) is 32.4 Å². The van der Waals surface area contributed by atoms with E-state index in [0.717, 1.165) is 24.5 Å². The summed E-state index contributed by atoms with van der Waals surface area (Å²) in [5, 5.41) is 0. The Morgan fingerprint density at radius 1 is 0.895 bits per heavy atom. The van der Waals surface area contributed by atoms with Crippen LogP contribution in [0.25, 0.3) is 0 Å². The van der Waals surface area contributed by atoms with E-state index in [1.807, 2.05) is 38.1 Å². The van der Waals surface area contributed by atoms with Crippen LogP contribution in [0.15, 0.2) is 24.3 Å². The summed E-state index contributed by atoms with van der Waals surface area (Å²) < 4.78 is 16.9. The van der Waals surface area contributed by atoms with Gasteiger partial charge in [-0.1, -0.05) is 31.9 Å². The van der Waals surface area contributed by atoms with E-state index in [-0.39, 0.29) is 6.10 Å². The van der Waals surface area contributed by atoms with Crippen molar-refractivity contribution >= 4 is 0 Å². The third-order valence-electron chi connectivity index (χ3n) is 2.65. The molecule has 1 aromatic carbocycles. The van der Waals surface area contributed by atoms with E-state index in [4.69, 9.17) is 14.2 Å². The van der Waals surface area contributed by atoms with Crippen molar-refractivity contribution < 1.29 is 14.2 Å². The molecule has 0 N–H and O–H groups in total. The minimum Gasteiger partial charge on any atom is -0.490 e. The molecular weight excluding hydrogens is 240 g/mol. The van der Waals surface area contributed by atoms with Gasteiger partial charge < -0.3 is 14.2 Å². The SMILES string of the molecule is CCCCCOc1ccccc1OCCOC(C)C. The first-order valence-corrected chi connectivity index (χ1v) is 7.20. The van der Waals surface area contributed by atoms with Gasteiger partial charge in [-0.2, -0.15) is 0 Å². The van der Waals surface area contributed by atoms with E-state index in [2.05, 4.69) is 6.92 Å². The fraction of sp³-hybridized carbons (Fsp3) is 0.625. The second-order valence-electron chi connectivity index (χ2n) is 4.77. The fourth-order valence-corrected chi connectivity index (χ4v) is 1.66. The summed E-state index contributed by atoms with van der Waals surface area (Å²) in [5.74, 6) is 1.62. The van der Waals surface area contributed by atoms with Gasteiger partial charge in [-0.3, -0.25) is 0 Å². The molecule has 0 aliphatic carbocycles. The molecule has 3 nitrogen and oxygen atoms in total. The Kier molecular flexibility index (Phi) is 8.07. The molecule has 0 saturated carbocycles. The van der Waals surface area contributed by atoms with Gasteiger partial charge in [0, 0.05) is 0 Å². The van der Waals surface area contributed by atoms with E-state index in [9.17, 15) is 0 Å². The lowest BCUT2D eigenvalue weighted by atomic mass is 10.2. The lowest BCUT2D eigenvalue weighted by Gasteiger charge is -2.13. The Labute approximate surface area is 116 Å². The third-order valence-corrected chi connectivity index (χ3v) is 2.65. The molecular formula is C16H26O3. The highest BCUT2D eigenvalue weighted by Gasteiger charge is 2.04. The molecule has 19 heavy (non-hydrogen) atoms. The summed E-state index contributed by atoms with van der Waals surface area (Å²) in [6.45, 7) is 8.12. The zero-order valence-corrected chi connectivity index (χ0v) is 12.4. The number of rotatable bonds is 10. The second-order valence-corrected chi connectivity index (χ2v) is 4.77. The van der Waals surface area contributed by atoms with Crippen molar-refractivity contribution in [2.75, 3.05) is 19.8 Å². The summed E-state index contributed by atoms with van der Waals surface area (Å²) in [7, 11) is 0. The topological polar surface area (TPSA) is 27.7 Å². The minimum absolute atomic E-state index is 0.240. The summed E-state index contributed by atoms with van der Waals surface area (Å²) in [6, 6.07) is 7.80. The van der Waals surface area contributed by atoms with Crippen molar-refractivity contribution in [3.63, 3.8) is 0 Å². The van der Waals surface area contributed by atoms with Crippen LogP contribution in [0.4, 0.5) is 0 Å². The number of unbranched alkanes of at least 4 members (excludes halogenated alkanes) is 2. The molecule has 0 saturated heterocycles. The van der Waals surface area contributed by atoms with E-state index in [1.165, 1.54) is 12.8 Å². The van der Waals surface area contributed by atoms with Crippen molar-refractivity contribution in [3.05, 3.63) is 24.3 Å². The van der Waals surface area contributed by atoms with Crippen LogP contribution in [-0.4, -0.2) is 25.9 Å². The predicted molar refractivity (Wildman–Crippen MR) is 78.0 cm³/mol. The van der Waals surface area contributed by atoms with Crippen LogP contribution in [0, 0.1) is 0 Å². The number of hydrogen-bond donors (Lipinski definition) is 0. The first-order valence-electron chi connectivity index (χ1n) is 7.20. The second kappa shape index (κ2) is 9.68. The average Bonchev–Trinajstić information content (AvgIpc) is 2.41. The molecule has 0 spiro atoms. The van der Waals surface area contributed by atoms with Crippen molar-refractivity contribution in [2.24, 2.45) is 0 Å². The Bertz CT molecular complexity index is 337. The zero-order chi connectivity index (χ0) is 13.9.